The van der Waals surface area contributed by atoms with E-state index < -0.39 is 0 Å². The zero-order valence-electron chi connectivity index (χ0n) is 14.7. The molecule has 2 fully saturated rings. The first kappa shape index (κ1) is 17.6. The molecule has 0 atom stereocenters. The number of thiol groups is 1. The largest absolute Gasteiger partial charge is 0.301 e. The molecule has 2 aliphatic heterocycles. The molecule has 21 heavy (non-hydrogen) atoms. The van der Waals surface area contributed by atoms with Gasteiger partial charge in [-0.1, -0.05) is 0 Å². The van der Waals surface area contributed by atoms with E-state index in [0.717, 1.165) is 19.0 Å². The maximum absolute atomic E-state index is 4.70. The fourth-order valence-electron chi connectivity index (χ4n) is 3.63. The highest BCUT2D eigenvalue weighted by atomic mass is 32.1. The van der Waals surface area contributed by atoms with Crippen molar-refractivity contribution in [3.63, 3.8) is 0 Å². The minimum absolute atomic E-state index is 0.0319. The highest BCUT2D eigenvalue weighted by molar-refractivity contribution is 7.81. The fraction of sp³-hybridized carbons (Fsp3) is 1.00. The molecule has 0 aromatic heterocycles. The Morgan fingerprint density at radius 2 is 1.33 bits per heavy atom. The van der Waals surface area contributed by atoms with E-state index in [2.05, 4.69) is 49.3 Å². The second-order valence-electron chi connectivity index (χ2n) is 8.38. The Morgan fingerprint density at radius 3 is 1.76 bits per heavy atom. The first-order valence-electron chi connectivity index (χ1n) is 8.61. The van der Waals surface area contributed by atoms with Gasteiger partial charge in [-0.15, -0.1) is 0 Å². The van der Waals surface area contributed by atoms with Gasteiger partial charge in [-0.3, -0.25) is 9.80 Å². The molecule has 0 spiro atoms. The Bertz CT molecular complexity index is 284. The Hall–Kier alpha value is 0.230. The molecule has 2 saturated heterocycles. The van der Waals surface area contributed by atoms with Crippen molar-refractivity contribution >= 4 is 12.6 Å². The molecule has 0 unspecified atom stereocenters. The van der Waals surface area contributed by atoms with Crippen molar-refractivity contribution in [3.8, 4) is 0 Å². The summed E-state index contributed by atoms with van der Waals surface area (Å²) in [5.41, 5.74) is 0.342. The summed E-state index contributed by atoms with van der Waals surface area (Å²) < 4.78 is 0. The van der Waals surface area contributed by atoms with Gasteiger partial charge in [-0.05, 0) is 66.5 Å². The van der Waals surface area contributed by atoms with Gasteiger partial charge < -0.3 is 4.90 Å². The van der Waals surface area contributed by atoms with Crippen molar-refractivity contribution in [1.29, 1.82) is 0 Å². The van der Waals surface area contributed by atoms with Crippen LogP contribution < -0.4 is 0 Å². The summed E-state index contributed by atoms with van der Waals surface area (Å²) in [6.45, 7) is 20.0. The number of nitrogens with zero attached hydrogens (tertiary/aromatic N) is 3. The molecule has 0 radical (unpaired) electrons. The Morgan fingerprint density at radius 1 is 0.810 bits per heavy atom. The first-order valence-corrected chi connectivity index (χ1v) is 9.06. The van der Waals surface area contributed by atoms with Gasteiger partial charge in [-0.25, -0.2) is 0 Å². The van der Waals surface area contributed by atoms with E-state index in [0.29, 0.717) is 5.54 Å². The normalized spacial score (nSPS) is 25.4. The Balaban J connectivity index is 1.71. The smallest absolute Gasteiger partial charge is 0.0584 e. The maximum atomic E-state index is 4.70. The third-order valence-electron chi connectivity index (χ3n) is 5.23. The van der Waals surface area contributed by atoms with Gasteiger partial charge in [0.15, 0.2) is 0 Å². The standard InChI is InChI=1S/C17H35N3S/c1-16(2,3)19-8-6-15(7-9-19)14-18-10-12-20(13-11-18)17(4,5)21/h15,21H,6-14H2,1-5H3. The predicted octanol–water partition coefficient (Wildman–Crippen LogP) is 2.78. The quantitative estimate of drug-likeness (QED) is 0.803. The van der Waals surface area contributed by atoms with E-state index in [4.69, 9.17) is 12.6 Å². The first-order chi connectivity index (χ1) is 9.66. The van der Waals surface area contributed by atoms with Crippen LogP contribution in [0.2, 0.25) is 0 Å². The van der Waals surface area contributed by atoms with Crippen LogP contribution in [0, 0.1) is 5.92 Å². The lowest BCUT2D eigenvalue weighted by atomic mass is 9.92. The lowest BCUT2D eigenvalue weighted by Crippen LogP contribution is -2.54. The van der Waals surface area contributed by atoms with Gasteiger partial charge in [0.2, 0.25) is 0 Å². The number of hydrogen-bond acceptors (Lipinski definition) is 4. The van der Waals surface area contributed by atoms with Crippen molar-refractivity contribution in [3.05, 3.63) is 0 Å². The minimum atomic E-state index is 0.0319. The van der Waals surface area contributed by atoms with Crippen molar-refractivity contribution < 1.29 is 0 Å². The summed E-state index contributed by atoms with van der Waals surface area (Å²) in [6.07, 6.45) is 2.74. The zero-order valence-corrected chi connectivity index (χ0v) is 15.6. The average Bonchev–Trinajstić information content (AvgIpc) is 2.38. The maximum Gasteiger partial charge on any atom is 0.0584 e. The van der Waals surface area contributed by atoms with Crippen LogP contribution in [0.1, 0.15) is 47.5 Å². The second kappa shape index (κ2) is 6.77. The van der Waals surface area contributed by atoms with Crippen LogP contribution in [0.4, 0.5) is 0 Å². The molecule has 0 saturated carbocycles. The molecule has 0 aromatic rings. The summed E-state index contributed by atoms with van der Waals surface area (Å²) in [6, 6.07) is 0. The van der Waals surface area contributed by atoms with E-state index in [1.807, 2.05) is 0 Å². The van der Waals surface area contributed by atoms with E-state index in [-0.39, 0.29) is 4.87 Å². The van der Waals surface area contributed by atoms with Gasteiger partial charge >= 0.3 is 0 Å². The van der Waals surface area contributed by atoms with E-state index in [1.165, 1.54) is 45.6 Å². The van der Waals surface area contributed by atoms with Crippen molar-refractivity contribution in [2.45, 2.75) is 57.9 Å². The molecule has 2 rings (SSSR count). The van der Waals surface area contributed by atoms with Gasteiger partial charge in [-0.2, -0.15) is 12.6 Å². The van der Waals surface area contributed by atoms with Crippen LogP contribution in [0.5, 0.6) is 0 Å². The predicted molar refractivity (Wildman–Crippen MR) is 95.1 cm³/mol. The second-order valence-corrected chi connectivity index (χ2v) is 9.48. The molecule has 0 aromatic carbocycles. The fourth-order valence-corrected chi connectivity index (χ4v) is 3.83. The van der Waals surface area contributed by atoms with E-state index >= 15 is 0 Å². The summed E-state index contributed by atoms with van der Waals surface area (Å²) in [5.74, 6) is 0.902. The van der Waals surface area contributed by atoms with Crippen LogP contribution in [0.25, 0.3) is 0 Å². The summed E-state index contributed by atoms with van der Waals surface area (Å²) >= 11 is 4.70. The topological polar surface area (TPSA) is 9.72 Å². The molecule has 2 heterocycles. The van der Waals surface area contributed by atoms with Crippen molar-refractivity contribution in [2.75, 3.05) is 45.8 Å². The van der Waals surface area contributed by atoms with Crippen LogP contribution >= 0.6 is 12.6 Å². The number of piperazine rings is 1. The molecule has 2 aliphatic rings. The SMILES string of the molecule is CC(C)(C)N1CCC(CN2CCN(C(C)(C)S)CC2)CC1. The third-order valence-corrected chi connectivity index (χ3v) is 5.51. The highest BCUT2D eigenvalue weighted by Crippen LogP contribution is 2.25. The molecule has 4 heteroatoms. The lowest BCUT2D eigenvalue weighted by molar-refractivity contribution is 0.0526. The third kappa shape index (κ3) is 5.12. The van der Waals surface area contributed by atoms with Gasteiger partial charge in [0, 0.05) is 38.3 Å². The minimum Gasteiger partial charge on any atom is -0.301 e. The molecule has 3 nitrogen and oxygen atoms in total. The molecule has 0 aliphatic carbocycles. The van der Waals surface area contributed by atoms with Gasteiger partial charge in [0.05, 0.1) is 4.87 Å². The number of piperidine rings is 1. The Labute approximate surface area is 137 Å². The number of likely N-dealkylation sites (tertiary alicyclic amines) is 1. The molecule has 124 valence electrons. The average molecular weight is 314 g/mol. The summed E-state index contributed by atoms with van der Waals surface area (Å²) in [5, 5.41) is 0. The number of rotatable bonds is 3. The molecule has 0 N–H and O–H groups in total. The van der Waals surface area contributed by atoms with Crippen molar-refractivity contribution in [2.24, 2.45) is 5.92 Å². The molecular formula is C17H35N3S. The van der Waals surface area contributed by atoms with Crippen LogP contribution in [-0.4, -0.2) is 70.9 Å². The summed E-state index contributed by atoms with van der Waals surface area (Å²) in [4.78, 5) is 7.84. The lowest BCUT2D eigenvalue weighted by Gasteiger charge is -2.44. The number of hydrogen-bond donors (Lipinski definition) is 1. The molecular weight excluding hydrogens is 278 g/mol. The molecule has 0 amide bonds. The van der Waals surface area contributed by atoms with Gasteiger partial charge in [0.25, 0.3) is 0 Å². The summed E-state index contributed by atoms with van der Waals surface area (Å²) in [7, 11) is 0. The van der Waals surface area contributed by atoms with Crippen molar-refractivity contribution in [1.82, 2.24) is 14.7 Å². The highest BCUT2D eigenvalue weighted by Gasteiger charge is 2.30. The van der Waals surface area contributed by atoms with E-state index in [1.54, 1.807) is 0 Å². The van der Waals surface area contributed by atoms with E-state index in [9.17, 15) is 0 Å². The molecule has 0 bridgehead atoms. The zero-order chi connectivity index (χ0) is 15.7. The van der Waals surface area contributed by atoms with Crippen LogP contribution in [-0.2, 0) is 0 Å². The van der Waals surface area contributed by atoms with Crippen LogP contribution in [0.3, 0.4) is 0 Å². The Kier molecular flexibility index (Phi) is 5.67. The van der Waals surface area contributed by atoms with Gasteiger partial charge in [0.1, 0.15) is 0 Å². The van der Waals surface area contributed by atoms with Crippen LogP contribution in [0.15, 0.2) is 0 Å². The monoisotopic (exact) mass is 313 g/mol.